The molecule has 0 unspecified atom stereocenters. The number of halogens is 2. The zero-order valence-corrected chi connectivity index (χ0v) is 37.2. The molecule has 6 nitrogen and oxygen atoms in total. The van der Waals surface area contributed by atoms with Gasteiger partial charge in [0.1, 0.15) is 0 Å². The molecular weight excluding hydrogens is 852 g/mol. The van der Waals surface area contributed by atoms with Gasteiger partial charge in [0, 0.05) is 0 Å². The summed E-state index contributed by atoms with van der Waals surface area (Å²) in [5.41, 5.74) is 7.65. The Bertz CT molecular complexity index is 2870. The number of benzene rings is 9. The summed E-state index contributed by atoms with van der Waals surface area (Å²) in [6.45, 7) is 0. The standard InChI is InChI=1S/C58H42Cl2N6/c59-51-35-19-21-37-53(51)65-57(43-23-7-1-8-24-43,44-25-9-2-10-26-44)55(63(65)49-31-15-5-16-32-49)61-47-39-41-48(42-40-47)62-56-58(45-27-11-3-12-28-45,46-29-13-4-14-30-46)66(54-38-22-20-36-52(54)60)64(56)50-33-17-6-18-34-50/h1-42H. The summed E-state index contributed by atoms with van der Waals surface area (Å²) >= 11 is 14.3. The lowest BCUT2D eigenvalue weighted by Crippen LogP contribution is -2.77. The third-order valence-electron chi connectivity index (χ3n) is 12.3. The predicted octanol–water partition coefficient (Wildman–Crippen LogP) is 14.8. The highest BCUT2D eigenvalue weighted by Crippen LogP contribution is 2.55. The lowest BCUT2D eigenvalue weighted by atomic mass is 9.76. The maximum atomic E-state index is 7.14. The first-order chi connectivity index (χ1) is 32.6. The minimum atomic E-state index is -0.864. The highest BCUT2D eigenvalue weighted by molar-refractivity contribution is 6.35. The van der Waals surface area contributed by atoms with Gasteiger partial charge in [-0.05, 0) is 95.1 Å². The first-order valence-corrected chi connectivity index (χ1v) is 22.7. The first kappa shape index (κ1) is 40.8. The van der Waals surface area contributed by atoms with Gasteiger partial charge in [0.25, 0.3) is 0 Å². The second kappa shape index (κ2) is 17.2. The summed E-state index contributed by atoms with van der Waals surface area (Å²) in [5, 5.41) is 10.2. The van der Waals surface area contributed by atoms with Crippen molar-refractivity contribution in [1.82, 2.24) is 0 Å². The van der Waals surface area contributed by atoms with E-state index in [-0.39, 0.29) is 0 Å². The van der Waals surface area contributed by atoms with Crippen molar-refractivity contribution in [2.45, 2.75) is 11.1 Å². The van der Waals surface area contributed by atoms with Gasteiger partial charge in [-0.1, -0.05) is 205 Å². The van der Waals surface area contributed by atoms with Crippen molar-refractivity contribution in [1.29, 1.82) is 0 Å². The average molecular weight is 894 g/mol. The van der Waals surface area contributed by atoms with E-state index in [0.29, 0.717) is 10.0 Å². The van der Waals surface area contributed by atoms with Crippen molar-refractivity contribution in [3.63, 3.8) is 0 Å². The van der Waals surface area contributed by atoms with Crippen molar-refractivity contribution in [2.24, 2.45) is 9.98 Å². The molecule has 0 radical (unpaired) electrons. The van der Waals surface area contributed by atoms with Gasteiger partial charge in [-0.3, -0.25) is 10.0 Å². The van der Waals surface area contributed by atoms with Crippen LogP contribution in [-0.2, 0) is 11.1 Å². The Morgan fingerprint density at radius 1 is 0.288 bits per heavy atom. The van der Waals surface area contributed by atoms with Crippen LogP contribution in [0.1, 0.15) is 22.3 Å². The zero-order valence-electron chi connectivity index (χ0n) is 35.7. The average Bonchev–Trinajstić information content (AvgIpc) is 3.37. The van der Waals surface area contributed by atoms with Crippen LogP contribution in [0.2, 0.25) is 10.0 Å². The maximum absolute atomic E-state index is 7.14. The molecule has 2 saturated heterocycles. The van der Waals surface area contributed by atoms with E-state index in [1.54, 1.807) is 0 Å². The molecule has 0 atom stereocenters. The lowest BCUT2D eigenvalue weighted by molar-refractivity contribution is 0.535. The summed E-state index contributed by atoms with van der Waals surface area (Å²) in [7, 11) is 0. The van der Waals surface area contributed by atoms with Crippen molar-refractivity contribution < 1.29 is 0 Å². The molecule has 0 aliphatic carbocycles. The van der Waals surface area contributed by atoms with Crippen molar-refractivity contribution in [3.8, 4) is 0 Å². The Morgan fingerprint density at radius 3 is 0.833 bits per heavy atom. The molecular formula is C58H42Cl2N6. The Morgan fingerprint density at radius 2 is 0.545 bits per heavy atom. The first-order valence-electron chi connectivity index (χ1n) is 21.9. The number of rotatable bonds is 10. The van der Waals surface area contributed by atoms with E-state index in [1.807, 2.05) is 97.1 Å². The molecule has 11 rings (SSSR count). The van der Waals surface area contributed by atoms with E-state index < -0.39 is 11.1 Å². The van der Waals surface area contributed by atoms with Gasteiger partial charge in [-0.2, -0.15) is 0 Å². The van der Waals surface area contributed by atoms with Crippen LogP contribution in [0.5, 0.6) is 0 Å². The minimum Gasteiger partial charge on any atom is -0.255 e. The second-order valence-corrected chi connectivity index (χ2v) is 16.9. The molecule has 0 aromatic heterocycles. The molecule has 2 aliphatic heterocycles. The van der Waals surface area contributed by atoms with E-state index in [9.17, 15) is 0 Å². The fraction of sp³-hybridized carbons (Fsp3) is 0.0345. The summed E-state index contributed by atoms with van der Waals surface area (Å²) in [6, 6.07) is 87.1. The highest BCUT2D eigenvalue weighted by Gasteiger charge is 2.62. The van der Waals surface area contributed by atoms with Crippen molar-refractivity contribution in [3.05, 3.63) is 287 Å². The smallest absolute Gasteiger partial charge is 0.171 e. The lowest BCUT2D eigenvalue weighted by Gasteiger charge is -2.62. The molecule has 0 saturated carbocycles. The fourth-order valence-electron chi connectivity index (χ4n) is 9.49. The number of amidine groups is 2. The summed E-state index contributed by atoms with van der Waals surface area (Å²) < 4.78 is 0. The number of nitrogens with zero attached hydrogens (tertiary/aromatic N) is 6. The van der Waals surface area contributed by atoms with Gasteiger partial charge < -0.3 is 0 Å². The highest BCUT2D eigenvalue weighted by atomic mass is 35.5. The van der Waals surface area contributed by atoms with E-state index in [1.165, 1.54) is 0 Å². The van der Waals surface area contributed by atoms with E-state index in [2.05, 4.69) is 178 Å². The molecule has 66 heavy (non-hydrogen) atoms. The SMILES string of the molecule is Clc1ccccc1N1N(c2ccccc2)C(=Nc2ccc(N=C3N(c4ccccc4)N(c4ccccc4Cl)C3(c3ccccc3)c3ccccc3)cc2)C1(c1ccccc1)c1ccccc1. The third-order valence-corrected chi connectivity index (χ3v) is 13.0. The van der Waals surface area contributed by atoms with Crippen LogP contribution >= 0.6 is 23.2 Å². The van der Waals surface area contributed by atoms with Gasteiger partial charge in [0.2, 0.25) is 0 Å². The van der Waals surface area contributed by atoms with E-state index in [0.717, 1.165) is 68.0 Å². The number of hydrogen-bond donors (Lipinski definition) is 0. The number of anilines is 4. The molecule has 8 heteroatoms. The molecule has 0 bridgehead atoms. The zero-order chi connectivity index (χ0) is 44.5. The summed E-state index contributed by atoms with van der Waals surface area (Å²) in [4.78, 5) is 11.2. The molecule has 2 fully saturated rings. The quantitative estimate of drug-likeness (QED) is 0.137. The molecule has 318 valence electrons. The van der Waals surface area contributed by atoms with Gasteiger partial charge in [-0.25, -0.2) is 20.0 Å². The van der Waals surface area contributed by atoms with E-state index in [4.69, 9.17) is 33.2 Å². The largest absolute Gasteiger partial charge is 0.255 e. The second-order valence-electron chi connectivity index (χ2n) is 16.1. The monoisotopic (exact) mass is 892 g/mol. The Balaban J connectivity index is 1.11. The summed E-state index contributed by atoms with van der Waals surface area (Å²) in [6.07, 6.45) is 0. The fourth-order valence-corrected chi connectivity index (χ4v) is 9.92. The number of aliphatic imine (C=N–C) groups is 2. The van der Waals surface area contributed by atoms with Crippen LogP contribution in [0.3, 0.4) is 0 Å². The summed E-state index contributed by atoms with van der Waals surface area (Å²) in [5.74, 6) is 1.64. The minimum absolute atomic E-state index is 0.632. The number of para-hydroxylation sites is 4. The maximum Gasteiger partial charge on any atom is 0.171 e. The molecule has 0 N–H and O–H groups in total. The molecule has 0 amide bonds. The van der Waals surface area contributed by atoms with Gasteiger partial charge in [0.05, 0.1) is 44.2 Å². The van der Waals surface area contributed by atoms with Crippen LogP contribution in [0.25, 0.3) is 0 Å². The van der Waals surface area contributed by atoms with Crippen LogP contribution < -0.4 is 20.0 Å². The van der Waals surface area contributed by atoms with E-state index >= 15 is 0 Å². The van der Waals surface area contributed by atoms with Crippen molar-refractivity contribution >= 4 is 69.0 Å². The van der Waals surface area contributed by atoms with Gasteiger partial charge >= 0.3 is 0 Å². The number of hydrazine groups is 2. The Kier molecular flexibility index (Phi) is 10.7. The molecule has 2 aliphatic rings. The topological polar surface area (TPSA) is 37.7 Å². The normalized spacial score (nSPS) is 16.2. The number of hydrogen-bond acceptors (Lipinski definition) is 4. The molecule has 0 spiro atoms. The molecule has 2 heterocycles. The molecule has 9 aromatic rings. The van der Waals surface area contributed by atoms with Crippen molar-refractivity contribution in [2.75, 3.05) is 20.0 Å². The van der Waals surface area contributed by atoms with Crippen LogP contribution in [0, 0.1) is 0 Å². The van der Waals surface area contributed by atoms with Gasteiger partial charge in [-0.15, -0.1) is 0 Å². The third kappa shape index (κ3) is 6.64. The van der Waals surface area contributed by atoms with Crippen LogP contribution in [-0.4, -0.2) is 11.7 Å². The Labute approximate surface area is 395 Å². The van der Waals surface area contributed by atoms with Gasteiger partial charge in [0.15, 0.2) is 22.7 Å². The molecule has 9 aromatic carbocycles. The Hall–Kier alpha value is -7.90. The van der Waals surface area contributed by atoms with Crippen LogP contribution in [0.15, 0.2) is 265 Å². The predicted molar refractivity (Wildman–Crippen MR) is 274 cm³/mol. The van der Waals surface area contributed by atoms with Crippen LogP contribution in [0.4, 0.5) is 34.1 Å².